The van der Waals surface area contributed by atoms with Crippen LogP contribution in [0.5, 0.6) is 17.2 Å². The van der Waals surface area contributed by atoms with Gasteiger partial charge in [-0.25, -0.2) is 0 Å². The van der Waals surface area contributed by atoms with E-state index in [1.807, 2.05) is 26.0 Å². The van der Waals surface area contributed by atoms with E-state index in [0.29, 0.717) is 36.0 Å². The molecule has 6 nitrogen and oxygen atoms in total. The van der Waals surface area contributed by atoms with E-state index in [1.165, 1.54) is 6.08 Å². The predicted molar refractivity (Wildman–Crippen MR) is 90.0 cm³/mol. The SMILES string of the molecule is COc1cc(C=CC(=O)c2cnn(C(C)C)c2)cc2c1OCCO2. The monoisotopic (exact) mass is 328 g/mol. The van der Waals surface area contributed by atoms with Crippen molar-refractivity contribution in [3.63, 3.8) is 0 Å². The molecule has 0 atom stereocenters. The molecular formula is C18H20N2O4. The Labute approximate surface area is 140 Å². The Morgan fingerprint density at radius 3 is 2.83 bits per heavy atom. The Morgan fingerprint density at radius 1 is 1.33 bits per heavy atom. The number of methoxy groups -OCH3 is 1. The number of ether oxygens (including phenoxy) is 3. The summed E-state index contributed by atoms with van der Waals surface area (Å²) in [6, 6.07) is 3.87. The summed E-state index contributed by atoms with van der Waals surface area (Å²) in [5.41, 5.74) is 1.37. The smallest absolute Gasteiger partial charge is 0.203 e. The van der Waals surface area contributed by atoms with Crippen molar-refractivity contribution in [2.75, 3.05) is 20.3 Å². The highest BCUT2D eigenvalue weighted by molar-refractivity contribution is 6.06. The lowest BCUT2D eigenvalue weighted by Gasteiger charge is -2.20. The van der Waals surface area contributed by atoms with Gasteiger partial charge in [0.2, 0.25) is 5.75 Å². The van der Waals surface area contributed by atoms with E-state index >= 15 is 0 Å². The van der Waals surface area contributed by atoms with Gasteiger partial charge in [0.05, 0.1) is 18.9 Å². The Hall–Kier alpha value is -2.76. The number of carbonyl (C=O) groups excluding carboxylic acids is 1. The van der Waals surface area contributed by atoms with Gasteiger partial charge in [-0.3, -0.25) is 9.48 Å². The first-order valence-electron chi connectivity index (χ1n) is 7.82. The number of nitrogens with zero attached hydrogens (tertiary/aromatic N) is 2. The van der Waals surface area contributed by atoms with Gasteiger partial charge in [-0.1, -0.05) is 6.08 Å². The molecule has 2 heterocycles. The third-order valence-corrected chi connectivity index (χ3v) is 3.69. The van der Waals surface area contributed by atoms with Crippen LogP contribution in [0.25, 0.3) is 6.08 Å². The van der Waals surface area contributed by atoms with Crippen molar-refractivity contribution in [1.82, 2.24) is 9.78 Å². The van der Waals surface area contributed by atoms with Gasteiger partial charge in [0.15, 0.2) is 17.3 Å². The lowest BCUT2D eigenvalue weighted by atomic mass is 10.1. The van der Waals surface area contributed by atoms with E-state index in [-0.39, 0.29) is 11.8 Å². The second kappa shape index (κ2) is 6.78. The van der Waals surface area contributed by atoms with E-state index in [9.17, 15) is 4.79 Å². The normalized spacial score (nSPS) is 13.5. The molecule has 6 heteroatoms. The number of carbonyl (C=O) groups is 1. The van der Waals surface area contributed by atoms with Crippen molar-refractivity contribution in [1.29, 1.82) is 0 Å². The summed E-state index contributed by atoms with van der Waals surface area (Å²) in [5.74, 6) is 1.72. The van der Waals surface area contributed by atoms with E-state index < -0.39 is 0 Å². The number of allylic oxidation sites excluding steroid dienone is 1. The van der Waals surface area contributed by atoms with Gasteiger partial charge in [-0.15, -0.1) is 0 Å². The zero-order chi connectivity index (χ0) is 17.1. The van der Waals surface area contributed by atoms with Crippen molar-refractivity contribution in [2.45, 2.75) is 19.9 Å². The Morgan fingerprint density at radius 2 is 2.12 bits per heavy atom. The molecule has 0 amide bonds. The molecule has 24 heavy (non-hydrogen) atoms. The van der Waals surface area contributed by atoms with Gasteiger partial charge in [0.25, 0.3) is 0 Å². The number of hydrogen-bond acceptors (Lipinski definition) is 5. The third kappa shape index (κ3) is 3.27. The summed E-state index contributed by atoms with van der Waals surface area (Å²) in [6.45, 7) is 5.02. The van der Waals surface area contributed by atoms with Gasteiger partial charge in [0.1, 0.15) is 13.2 Å². The molecule has 0 spiro atoms. The molecule has 0 N–H and O–H groups in total. The lowest BCUT2D eigenvalue weighted by molar-refractivity contribution is 0.104. The third-order valence-electron chi connectivity index (χ3n) is 3.69. The van der Waals surface area contributed by atoms with Crippen LogP contribution in [0.4, 0.5) is 0 Å². The Kier molecular flexibility index (Phi) is 4.55. The number of fused-ring (bicyclic) bond motifs is 1. The maximum atomic E-state index is 12.3. The molecule has 0 radical (unpaired) electrons. The molecule has 0 bridgehead atoms. The average molecular weight is 328 g/mol. The highest BCUT2D eigenvalue weighted by atomic mass is 16.6. The minimum absolute atomic E-state index is 0.101. The summed E-state index contributed by atoms with van der Waals surface area (Å²) in [4.78, 5) is 12.3. The molecule has 126 valence electrons. The number of rotatable bonds is 5. The molecule has 1 aromatic carbocycles. The topological polar surface area (TPSA) is 62.6 Å². The van der Waals surface area contributed by atoms with Crippen LogP contribution >= 0.6 is 0 Å². The van der Waals surface area contributed by atoms with Gasteiger partial charge in [-0.2, -0.15) is 5.10 Å². The molecule has 1 aromatic heterocycles. The van der Waals surface area contributed by atoms with Crippen LogP contribution in [0.1, 0.15) is 35.8 Å². The minimum atomic E-state index is -0.101. The van der Waals surface area contributed by atoms with Crippen LogP contribution in [0.2, 0.25) is 0 Å². The molecule has 0 unspecified atom stereocenters. The van der Waals surface area contributed by atoms with Crippen molar-refractivity contribution in [3.8, 4) is 17.2 Å². The zero-order valence-corrected chi connectivity index (χ0v) is 14.0. The molecule has 0 saturated heterocycles. The van der Waals surface area contributed by atoms with Crippen LogP contribution in [-0.4, -0.2) is 35.9 Å². The fraction of sp³-hybridized carbons (Fsp3) is 0.333. The van der Waals surface area contributed by atoms with Crippen molar-refractivity contribution >= 4 is 11.9 Å². The Balaban J connectivity index is 1.81. The number of hydrogen-bond donors (Lipinski definition) is 0. The molecule has 1 aliphatic rings. The first-order chi connectivity index (χ1) is 11.6. The zero-order valence-electron chi connectivity index (χ0n) is 14.0. The van der Waals surface area contributed by atoms with E-state index in [2.05, 4.69) is 5.10 Å². The maximum Gasteiger partial charge on any atom is 0.203 e. The Bertz CT molecular complexity index is 760. The number of aromatic nitrogens is 2. The van der Waals surface area contributed by atoms with E-state index in [0.717, 1.165) is 5.56 Å². The van der Waals surface area contributed by atoms with Gasteiger partial charge in [-0.05, 0) is 37.6 Å². The first kappa shape index (κ1) is 16.1. The van der Waals surface area contributed by atoms with Crippen molar-refractivity contribution in [3.05, 3.63) is 41.7 Å². The van der Waals surface area contributed by atoms with Crippen LogP contribution < -0.4 is 14.2 Å². The summed E-state index contributed by atoms with van der Waals surface area (Å²) < 4.78 is 18.3. The van der Waals surface area contributed by atoms with Crippen LogP contribution in [-0.2, 0) is 0 Å². The standard InChI is InChI=1S/C18H20N2O4/c1-12(2)20-11-14(10-19-20)15(21)5-4-13-8-16(22-3)18-17(9-13)23-6-7-24-18/h4-5,8-12H,6-7H2,1-3H3. The second-order valence-corrected chi connectivity index (χ2v) is 5.75. The van der Waals surface area contributed by atoms with Crippen LogP contribution in [0.3, 0.4) is 0 Å². The van der Waals surface area contributed by atoms with Gasteiger partial charge in [0, 0.05) is 12.2 Å². The van der Waals surface area contributed by atoms with Crippen molar-refractivity contribution in [2.24, 2.45) is 0 Å². The van der Waals surface area contributed by atoms with Gasteiger partial charge >= 0.3 is 0 Å². The van der Waals surface area contributed by atoms with E-state index in [4.69, 9.17) is 14.2 Å². The molecule has 1 aliphatic heterocycles. The minimum Gasteiger partial charge on any atom is -0.493 e. The van der Waals surface area contributed by atoms with Gasteiger partial charge < -0.3 is 14.2 Å². The number of benzene rings is 1. The van der Waals surface area contributed by atoms with Crippen molar-refractivity contribution < 1.29 is 19.0 Å². The lowest BCUT2D eigenvalue weighted by Crippen LogP contribution is -2.16. The fourth-order valence-corrected chi connectivity index (χ4v) is 2.41. The highest BCUT2D eigenvalue weighted by Gasteiger charge is 2.18. The molecule has 0 aliphatic carbocycles. The summed E-state index contributed by atoms with van der Waals surface area (Å²) in [5, 5.41) is 4.18. The highest BCUT2D eigenvalue weighted by Crippen LogP contribution is 2.40. The molecular weight excluding hydrogens is 308 g/mol. The largest absolute Gasteiger partial charge is 0.493 e. The van der Waals surface area contributed by atoms with E-state index in [1.54, 1.807) is 30.3 Å². The molecule has 0 fully saturated rings. The average Bonchev–Trinajstić information content (AvgIpc) is 3.09. The molecule has 0 saturated carbocycles. The molecule has 3 rings (SSSR count). The summed E-state index contributed by atoms with van der Waals surface area (Å²) >= 11 is 0. The summed E-state index contributed by atoms with van der Waals surface area (Å²) in [6.07, 6.45) is 6.58. The predicted octanol–water partition coefficient (Wildman–Crippen LogP) is 3.14. The second-order valence-electron chi connectivity index (χ2n) is 5.75. The number of ketones is 1. The quantitative estimate of drug-likeness (QED) is 0.623. The van der Waals surface area contributed by atoms with Crippen LogP contribution in [0.15, 0.2) is 30.6 Å². The fourth-order valence-electron chi connectivity index (χ4n) is 2.41. The van der Waals surface area contributed by atoms with Crippen LogP contribution in [0, 0.1) is 0 Å². The maximum absolute atomic E-state index is 12.3. The molecule has 2 aromatic rings. The summed E-state index contributed by atoms with van der Waals surface area (Å²) in [7, 11) is 1.58. The first-order valence-corrected chi connectivity index (χ1v) is 7.82.